The molecule has 0 saturated carbocycles. The van der Waals surface area contributed by atoms with Gasteiger partial charge < -0.3 is 5.32 Å². The smallest absolute Gasteiger partial charge is 0.237 e. The molecule has 0 spiro atoms. The number of carbonyl (C=O) groups is 1. The Morgan fingerprint density at radius 2 is 2.29 bits per heavy atom. The first-order valence-electron chi connectivity index (χ1n) is 5.91. The number of fused-ring (bicyclic) bond motifs is 1. The van der Waals surface area contributed by atoms with E-state index in [1.54, 1.807) is 11.8 Å². The molecule has 2 nitrogen and oxygen atoms in total. The van der Waals surface area contributed by atoms with Crippen LogP contribution in [-0.4, -0.2) is 16.5 Å². The highest BCUT2D eigenvalue weighted by Crippen LogP contribution is 2.39. The van der Waals surface area contributed by atoms with Crippen LogP contribution in [0.4, 0.5) is 5.69 Å². The Bertz CT molecular complexity index is 422. The first-order chi connectivity index (χ1) is 8.26. The van der Waals surface area contributed by atoms with Gasteiger partial charge in [-0.2, -0.15) is 0 Å². The molecule has 0 aromatic heterocycles. The zero-order valence-corrected chi connectivity index (χ0v) is 12.2. The van der Waals surface area contributed by atoms with E-state index in [0.29, 0.717) is 0 Å². The minimum atomic E-state index is 0.0622. The predicted molar refractivity (Wildman–Crippen MR) is 77.1 cm³/mol. The van der Waals surface area contributed by atoms with Crippen molar-refractivity contribution in [1.82, 2.24) is 0 Å². The summed E-state index contributed by atoms with van der Waals surface area (Å²) < 4.78 is 0. The van der Waals surface area contributed by atoms with Gasteiger partial charge in [-0.25, -0.2) is 0 Å². The molecule has 0 radical (unpaired) electrons. The summed E-state index contributed by atoms with van der Waals surface area (Å²) in [7, 11) is 0. The highest BCUT2D eigenvalue weighted by Gasteiger charge is 2.27. The van der Waals surface area contributed by atoms with Crippen LogP contribution >= 0.6 is 27.7 Å². The number of thioether (sulfide) groups is 1. The Morgan fingerprint density at radius 1 is 1.47 bits per heavy atom. The molecule has 0 fully saturated rings. The van der Waals surface area contributed by atoms with Crippen LogP contribution in [0.3, 0.4) is 0 Å². The highest BCUT2D eigenvalue weighted by molar-refractivity contribution is 9.09. The van der Waals surface area contributed by atoms with Crippen LogP contribution < -0.4 is 5.32 Å². The number of aryl methyl sites for hydroxylation is 1. The molecule has 1 aromatic rings. The second kappa shape index (κ2) is 5.91. The zero-order chi connectivity index (χ0) is 12.3. The van der Waals surface area contributed by atoms with Gasteiger partial charge in [0.05, 0.1) is 10.9 Å². The Labute approximate surface area is 115 Å². The maximum Gasteiger partial charge on any atom is 0.237 e. The van der Waals surface area contributed by atoms with E-state index in [9.17, 15) is 4.79 Å². The van der Waals surface area contributed by atoms with Gasteiger partial charge in [-0.3, -0.25) is 4.79 Å². The third-order valence-electron chi connectivity index (χ3n) is 2.90. The molecular formula is C13H16BrNOS. The molecule has 1 aliphatic heterocycles. The quantitative estimate of drug-likeness (QED) is 0.856. The van der Waals surface area contributed by atoms with E-state index < -0.39 is 0 Å². The maximum atomic E-state index is 12.0. The van der Waals surface area contributed by atoms with Crippen LogP contribution in [0.5, 0.6) is 0 Å². The van der Waals surface area contributed by atoms with Crippen LogP contribution in [-0.2, 0) is 11.2 Å². The lowest BCUT2D eigenvalue weighted by Gasteiger charge is -2.25. The normalized spacial score (nSPS) is 18.7. The highest BCUT2D eigenvalue weighted by atomic mass is 79.9. The van der Waals surface area contributed by atoms with Gasteiger partial charge in [-0.15, -0.1) is 11.8 Å². The van der Waals surface area contributed by atoms with E-state index in [1.165, 1.54) is 10.5 Å². The number of benzene rings is 1. The van der Waals surface area contributed by atoms with Crippen molar-refractivity contribution in [3.63, 3.8) is 0 Å². The minimum Gasteiger partial charge on any atom is -0.324 e. The Hall–Kier alpha value is -0.480. The molecule has 4 heteroatoms. The number of anilines is 1. The fourth-order valence-electron chi connectivity index (χ4n) is 1.97. The molecule has 0 bridgehead atoms. The van der Waals surface area contributed by atoms with Crippen molar-refractivity contribution < 1.29 is 4.79 Å². The third-order valence-corrected chi connectivity index (χ3v) is 4.79. The standard InChI is InChI=1S/C13H16BrNOS/c1-2-9-5-3-6-10-12(9)15-13(16)11(17-10)7-4-8-14/h3,5-6,11H,2,4,7-8H2,1H3,(H,15,16). The second-order valence-corrected chi connectivity index (χ2v) is 6.11. The summed E-state index contributed by atoms with van der Waals surface area (Å²) >= 11 is 5.11. The number of hydrogen-bond acceptors (Lipinski definition) is 2. The summed E-state index contributed by atoms with van der Waals surface area (Å²) in [5, 5.41) is 4.08. The summed E-state index contributed by atoms with van der Waals surface area (Å²) in [5.74, 6) is 0.157. The third kappa shape index (κ3) is 2.86. The van der Waals surface area contributed by atoms with Crippen LogP contribution in [0.15, 0.2) is 23.1 Å². The first-order valence-corrected chi connectivity index (χ1v) is 7.91. The number of amides is 1. The maximum absolute atomic E-state index is 12.0. The summed E-state index contributed by atoms with van der Waals surface area (Å²) in [6, 6.07) is 6.25. The van der Waals surface area contributed by atoms with Crippen LogP contribution in [0.2, 0.25) is 0 Å². The number of carbonyl (C=O) groups excluding carboxylic acids is 1. The molecule has 1 unspecified atom stereocenters. The molecule has 1 atom stereocenters. The van der Waals surface area contributed by atoms with Crippen molar-refractivity contribution in [1.29, 1.82) is 0 Å². The zero-order valence-electron chi connectivity index (χ0n) is 9.83. The Morgan fingerprint density at radius 3 is 3.00 bits per heavy atom. The molecule has 92 valence electrons. The fourth-order valence-corrected chi connectivity index (χ4v) is 3.51. The number of nitrogens with one attached hydrogen (secondary N) is 1. The van der Waals surface area contributed by atoms with Crippen molar-refractivity contribution in [3.05, 3.63) is 23.8 Å². The van der Waals surface area contributed by atoms with Gasteiger partial charge in [0.25, 0.3) is 0 Å². The van der Waals surface area contributed by atoms with Crippen molar-refractivity contribution in [2.45, 2.75) is 36.3 Å². The van der Waals surface area contributed by atoms with E-state index in [2.05, 4.69) is 46.4 Å². The van der Waals surface area contributed by atoms with Crippen LogP contribution in [0.1, 0.15) is 25.3 Å². The molecule has 17 heavy (non-hydrogen) atoms. The summed E-state index contributed by atoms with van der Waals surface area (Å²) in [6.07, 6.45) is 2.92. The molecule has 1 amide bonds. The number of para-hydroxylation sites is 1. The summed E-state index contributed by atoms with van der Waals surface area (Å²) in [5.41, 5.74) is 2.25. The second-order valence-electron chi connectivity index (χ2n) is 4.07. The molecule has 2 rings (SSSR count). The van der Waals surface area contributed by atoms with Gasteiger partial charge in [-0.1, -0.05) is 35.0 Å². The predicted octanol–water partition coefficient (Wildman–Crippen LogP) is 3.84. The van der Waals surface area contributed by atoms with E-state index in [0.717, 1.165) is 30.3 Å². The Balaban J connectivity index is 2.21. The first kappa shape index (κ1) is 13.0. The molecule has 0 saturated heterocycles. The van der Waals surface area contributed by atoms with E-state index in [-0.39, 0.29) is 11.2 Å². The lowest BCUT2D eigenvalue weighted by molar-refractivity contribution is -0.115. The van der Waals surface area contributed by atoms with E-state index in [4.69, 9.17) is 0 Å². The monoisotopic (exact) mass is 313 g/mol. The lowest BCUT2D eigenvalue weighted by Crippen LogP contribution is -2.29. The van der Waals surface area contributed by atoms with Crippen molar-refractivity contribution in [2.75, 3.05) is 10.6 Å². The average Bonchev–Trinajstić information content (AvgIpc) is 2.35. The average molecular weight is 314 g/mol. The number of rotatable bonds is 4. The van der Waals surface area contributed by atoms with Gasteiger partial charge in [0.2, 0.25) is 5.91 Å². The van der Waals surface area contributed by atoms with Gasteiger partial charge in [0.1, 0.15) is 0 Å². The molecule has 0 aliphatic carbocycles. The molecule has 1 N–H and O–H groups in total. The molecule has 1 aliphatic rings. The number of alkyl halides is 1. The van der Waals surface area contributed by atoms with Crippen molar-refractivity contribution in [3.8, 4) is 0 Å². The SMILES string of the molecule is CCc1cccc2c1NC(=O)C(CCCBr)S2. The molecule has 1 aromatic carbocycles. The summed E-state index contributed by atoms with van der Waals surface area (Å²) in [4.78, 5) is 13.2. The summed E-state index contributed by atoms with van der Waals surface area (Å²) in [6.45, 7) is 2.11. The van der Waals surface area contributed by atoms with Gasteiger partial charge in [0, 0.05) is 10.2 Å². The lowest BCUT2D eigenvalue weighted by atomic mass is 10.1. The van der Waals surface area contributed by atoms with Crippen LogP contribution in [0.25, 0.3) is 0 Å². The Kier molecular flexibility index (Phi) is 4.51. The topological polar surface area (TPSA) is 29.1 Å². The van der Waals surface area contributed by atoms with Crippen LogP contribution in [0, 0.1) is 0 Å². The molecule has 1 heterocycles. The fraction of sp³-hybridized carbons (Fsp3) is 0.462. The van der Waals surface area contributed by atoms with Gasteiger partial charge in [-0.05, 0) is 30.9 Å². The largest absolute Gasteiger partial charge is 0.324 e. The minimum absolute atomic E-state index is 0.0622. The van der Waals surface area contributed by atoms with Gasteiger partial charge in [0.15, 0.2) is 0 Å². The van der Waals surface area contributed by atoms with Crippen molar-refractivity contribution in [2.24, 2.45) is 0 Å². The van der Waals surface area contributed by atoms with Gasteiger partial charge >= 0.3 is 0 Å². The van der Waals surface area contributed by atoms with E-state index in [1.807, 2.05) is 0 Å². The van der Waals surface area contributed by atoms with E-state index >= 15 is 0 Å². The number of hydrogen-bond donors (Lipinski definition) is 1. The number of halogens is 1. The molecular weight excluding hydrogens is 298 g/mol. The van der Waals surface area contributed by atoms with Crippen molar-refractivity contribution >= 4 is 39.3 Å².